The lowest BCUT2D eigenvalue weighted by molar-refractivity contribution is 0.152. The van der Waals surface area contributed by atoms with Gasteiger partial charge in [0.25, 0.3) is 0 Å². The van der Waals surface area contributed by atoms with Crippen molar-refractivity contribution in [2.75, 3.05) is 13.1 Å². The molecule has 1 fully saturated rings. The molecule has 19 heavy (non-hydrogen) atoms. The van der Waals surface area contributed by atoms with Crippen molar-refractivity contribution >= 4 is 0 Å². The summed E-state index contributed by atoms with van der Waals surface area (Å²) in [4.78, 5) is 2.46. The summed E-state index contributed by atoms with van der Waals surface area (Å²) >= 11 is 0. The fourth-order valence-electron chi connectivity index (χ4n) is 2.54. The monoisotopic (exact) mass is 260 g/mol. The molecule has 0 radical (unpaired) electrons. The van der Waals surface area contributed by atoms with Crippen LogP contribution in [0.25, 0.3) is 0 Å². The summed E-state index contributed by atoms with van der Waals surface area (Å²) in [7, 11) is 0. The lowest BCUT2D eigenvalue weighted by Crippen LogP contribution is -2.36. The van der Waals surface area contributed by atoms with Crippen molar-refractivity contribution in [1.29, 1.82) is 0 Å². The average molecular weight is 260 g/mol. The van der Waals surface area contributed by atoms with Crippen molar-refractivity contribution in [1.82, 2.24) is 4.90 Å². The highest BCUT2D eigenvalue weighted by atomic mass is 19.1. The maximum atomic E-state index is 13.6. The van der Waals surface area contributed by atoms with Gasteiger partial charge in [-0.2, -0.15) is 0 Å². The van der Waals surface area contributed by atoms with Gasteiger partial charge in [-0.3, -0.25) is 4.90 Å². The summed E-state index contributed by atoms with van der Waals surface area (Å²) in [5.74, 6) is 5.23. The SMILES string of the molecule is CC1CCCCN1Cc1ccc(F)c(C#CCN)c1. The van der Waals surface area contributed by atoms with Gasteiger partial charge < -0.3 is 5.73 Å². The Kier molecular flexibility index (Phi) is 4.95. The van der Waals surface area contributed by atoms with Crippen LogP contribution in [-0.2, 0) is 6.54 Å². The van der Waals surface area contributed by atoms with E-state index in [-0.39, 0.29) is 12.4 Å². The quantitative estimate of drug-likeness (QED) is 0.828. The lowest BCUT2D eigenvalue weighted by Gasteiger charge is -2.33. The Morgan fingerprint density at radius 1 is 1.42 bits per heavy atom. The summed E-state index contributed by atoms with van der Waals surface area (Å²) in [6, 6.07) is 5.81. The van der Waals surface area contributed by atoms with Crippen molar-refractivity contribution in [3.8, 4) is 11.8 Å². The first-order valence-corrected chi connectivity index (χ1v) is 6.92. The summed E-state index contributed by atoms with van der Waals surface area (Å²) in [6.45, 7) is 4.52. The van der Waals surface area contributed by atoms with E-state index >= 15 is 0 Å². The highest BCUT2D eigenvalue weighted by molar-refractivity contribution is 5.38. The van der Waals surface area contributed by atoms with E-state index in [1.807, 2.05) is 12.1 Å². The molecule has 0 aliphatic carbocycles. The number of benzene rings is 1. The van der Waals surface area contributed by atoms with E-state index < -0.39 is 0 Å². The van der Waals surface area contributed by atoms with E-state index in [0.717, 1.165) is 18.7 Å². The number of nitrogens with two attached hydrogens (primary N) is 1. The van der Waals surface area contributed by atoms with Gasteiger partial charge in [-0.15, -0.1) is 0 Å². The topological polar surface area (TPSA) is 29.3 Å². The number of halogens is 1. The molecule has 1 aliphatic heterocycles. The third kappa shape index (κ3) is 3.79. The van der Waals surface area contributed by atoms with Crippen molar-refractivity contribution in [2.45, 2.75) is 38.8 Å². The van der Waals surface area contributed by atoms with Crippen LogP contribution in [0.15, 0.2) is 18.2 Å². The number of likely N-dealkylation sites (tertiary alicyclic amines) is 1. The van der Waals surface area contributed by atoms with Crippen molar-refractivity contribution < 1.29 is 4.39 Å². The minimum Gasteiger partial charge on any atom is -0.320 e. The largest absolute Gasteiger partial charge is 0.320 e. The standard InChI is InChI=1S/C16H21FN2/c1-13-5-2-3-10-19(13)12-14-7-8-16(17)15(11-14)6-4-9-18/h7-8,11,13H,2-3,5,9-10,12,18H2,1H3. The first kappa shape index (κ1) is 14.0. The normalized spacial score (nSPS) is 19.8. The molecule has 1 atom stereocenters. The molecule has 1 aromatic carbocycles. The molecule has 1 unspecified atom stereocenters. The molecule has 0 bridgehead atoms. The predicted octanol–water partition coefficient (Wildman–Crippen LogP) is 2.51. The van der Waals surface area contributed by atoms with E-state index in [2.05, 4.69) is 23.7 Å². The Morgan fingerprint density at radius 2 is 2.26 bits per heavy atom. The Labute approximate surface area is 114 Å². The first-order valence-electron chi connectivity index (χ1n) is 6.92. The number of hydrogen-bond acceptors (Lipinski definition) is 2. The smallest absolute Gasteiger partial charge is 0.138 e. The number of nitrogens with zero attached hydrogens (tertiary/aromatic N) is 1. The molecule has 102 valence electrons. The van der Waals surface area contributed by atoms with Crippen LogP contribution in [0, 0.1) is 17.7 Å². The molecule has 1 saturated heterocycles. The van der Waals surface area contributed by atoms with Crippen LogP contribution >= 0.6 is 0 Å². The Balaban J connectivity index is 2.12. The minimum atomic E-state index is -0.267. The molecule has 0 saturated carbocycles. The van der Waals surface area contributed by atoms with Crippen LogP contribution in [-0.4, -0.2) is 24.0 Å². The zero-order chi connectivity index (χ0) is 13.7. The summed E-state index contributed by atoms with van der Waals surface area (Å²) < 4.78 is 13.6. The average Bonchev–Trinajstić information content (AvgIpc) is 2.42. The Morgan fingerprint density at radius 3 is 3.00 bits per heavy atom. The number of rotatable bonds is 2. The van der Waals surface area contributed by atoms with Crippen molar-refractivity contribution in [3.05, 3.63) is 35.1 Å². The summed E-state index contributed by atoms with van der Waals surface area (Å²) in [5, 5.41) is 0. The second-order valence-electron chi connectivity index (χ2n) is 5.14. The van der Waals surface area contributed by atoms with Gasteiger partial charge in [0.1, 0.15) is 5.82 Å². The highest BCUT2D eigenvalue weighted by Gasteiger charge is 2.18. The van der Waals surface area contributed by atoms with Gasteiger partial charge in [0, 0.05) is 12.6 Å². The van der Waals surface area contributed by atoms with Crippen molar-refractivity contribution in [3.63, 3.8) is 0 Å². The molecule has 0 amide bonds. The third-order valence-electron chi connectivity index (χ3n) is 3.68. The van der Waals surface area contributed by atoms with Gasteiger partial charge in [0.2, 0.25) is 0 Å². The van der Waals surface area contributed by atoms with Gasteiger partial charge in [0.05, 0.1) is 12.1 Å². The van der Waals surface area contributed by atoms with E-state index in [1.165, 1.54) is 25.3 Å². The van der Waals surface area contributed by atoms with E-state index in [9.17, 15) is 4.39 Å². The second kappa shape index (κ2) is 6.70. The maximum absolute atomic E-state index is 13.6. The highest BCUT2D eigenvalue weighted by Crippen LogP contribution is 2.20. The van der Waals surface area contributed by atoms with Crippen LogP contribution in [0.1, 0.15) is 37.3 Å². The van der Waals surface area contributed by atoms with Crippen LogP contribution in [0.2, 0.25) is 0 Å². The summed E-state index contributed by atoms with van der Waals surface area (Å²) in [6.07, 6.45) is 3.82. The van der Waals surface area contributed by atoms with Gasteiger partial charge in [-0.05, 0) is 44.0 Å². The van der Waals surface area contributed by atoms with Gasteiger partial charge >= 0.3 is 0 Å². The fraction of sp³-hybridized carbons (Fsp3) is 0.500. The van der Waals surface area contributed by atoms with Crippen LogP contribution in [0.4, 0.5) is 4.39 Å². The van der Waals surface area contributed by atoms with Crippen LogP contribution < -0.4 is 5.73 Å². The predicted molar refractivity (Wildman–Crippen MR) is 76.1 cm³/mol. The van der Waals surface area contributed by atoms with Gasteiger partial charge in [0.15, 0.2) is 0 Å². The molecule has 2 rings (SSSR count). The van der Waals surface area contributed by atoms with Gasteiger partial charge in [-0.25, -0.2) is 4.39 Å². The first-order chi connectivity index (χ1) is 9.20. The van der Waals surface area contributed by atoms with E-state index in [1.54, 1.807) is 0 Å². The fourth-order valence-corrected chi connectivity index (χ4v) is 2.54. The van der Waals surface area contributed by atoms with Crippen LogP contribution in [0.3, 0.4) is 0 Å². The van der Waals surface area contributed by atoms with Crippen LogP contribution in [0.5, 0.6) is 0 Å². The Hall–Kier alpha value is -1.37. The molecule has 2 N–H and O–H groups in total. The molecule has 0 aromatic heterocycles. The van der Waals surface area contributed by atoms with Crippen molar-refractivity contribution in [2.24, 2.45) is 5.73 Å². The minimum absolute atomic E-state index is 0.257. The molecule has 1 aliphatic rings. The number of piperidine rings is 1. The zero-order valence-electron chi connectivity index (χ0n) is 11.5. The maximum Gasteiger partial charge on any atom is 0.138 e. The molecule has 2 nitrogen and oxygen atoms in total. The molecule has 3 heteroatoms. The summed E-state index contributed by atoms with van der Waals surface area (Å²) in [5.41, 5.74) is 6.90. The van der Waals surface area contributed by atoms with Gasteiger partial charge in [-0.1, -0.05) is 24.3 Å². The third-order valence-corrected chi connectivity index (χ3v) is 3.68. The van der Waals surface area contributed by atoms with E-state index in [0.29, 0.717) is 11.6 Å². The molecular weight excluding hydrogens is 239 g/mol. The molecule has 1 aromatic rings. The molecular formula is C16H21FN2. The zero-order valence-corrected chi connectivity index (χ0v) is 11.5. The second-order valence-corrected chi connectivity index (χ2v) is 5.14. The molecule has 0 spiro atoms. The van der Waals surface area contributed by atoms with E-state index in [4.69, 9.17) is 5.73 Å². The molecule has 1 heterocycles. The Bertz CT molecular complexity index is 487. The lowest BCUT2D eigenvalue weighted by atomic mass is 10.0. The number of hydrogen-bond donors (Lipinski definition) is 1.